The van der Waals surface area contributed by atoms with Gasteiger partial charge in [0.1, 0.15) is 0 Å². The van der Waals surface area contributed by atoms with Crippen molar-refractivity contribution in [3.63, 3.8) is 0 Å². The lowest BCUT2D eigenvalue weighted by atomic mass is 10.2. The molecule has 0 aromatic rings. The van der Waals surface area contributed by atoms with Gasteiger partial charge >= 0.3 is 0 Å². The molecule has 0 aliphatic carbocycles. The summed E-state index contributed by atoms with van der Waals surface area (Å²) in [5.74, 6) is 1.19. The largest absolute Gasteiger partial charge is 0.369 e. The number of thioether (sulfide) groups is 1. The topological polar surface area (TPSA) is 12.5 Å². The van der Waals surface area contributed by atoms with E-state index in [9.17, 15) is 0 Å². The Balaban J connectivity index is 1.96. The van der Waals surface area contributed by atoms with Gasteiger partial charge in [0.05, 0.1) is 12.2 Å². The molecule has 0 N–H and O–H groups in total. The lowest BCUT2D eigenvalue weighted by Crippen LogP contribution is -1.95. The summed E-state index contributed by atoms with van der Waals surface area (Å²) in [6, 6.07) is 0. The molecule has 0 aromatic heterocycles. The summed E-state index contributed by atoms with van der Waals surface area (Å²) in [4.78, 5) is 0. The minimum atomic E-state index is 0.597. The van der Waals surface area contributed by atoms with Gasteiger partial charge in [-0.15, -0.1) is 0 Å². The highest BCUT2D eigenvalue weighted by Crippen LogP contribution is 2.28. The quantitative estimate of drug-likeness (QED) is 0.562. The lowest BCUT2D eigenvalue weighted by molar-refractivity contribution is 0.371. The molecular formula is C7H14OS. The van der Waals surface area contributed by atoms with Crippen LogP contribution in [0.2, 0.25) is 0 Å². The summed E-state index contributed by atoms with van der Waals surface area (Å²) in [7, 11) is 0. The number of hydrogen-bond donors (Lipinski definition) is 0. The summed E-state index contributed by atoms with van der Waals surface area (Å²) >= 11 is 1.88. The average molecular weight is 146 g/mol. The van der Waals surface area contributed by atoms with E-state index in [0.717, 1.165) is 0 Å². The van der Waals surface area contributed by atoms with Crippen LogP contribution in [0.4, 0.5) is 0 Å². The standard InChI is InChI=1S/C7H14OS/c1-3-4-6-7(8-6)5-9-2/h6-7H,3-5H2,1-2H3/t6-,7-/m1/s1. The van der Waals surface area contributed by atoms with E-state index in [0.29, 0.717) is 12.2 Å². The zero-order valence-corrected chi connectivity index (χ0v) is 6.91. The minimum Gasteiger partial charge on any atom is -0.369 e. The van der Waals surface area contributed by atoms with Crippen LogP contribution < -0.4 is 0 Å². The fourth-order valence-corrected chi connectivity index (χ4v) is 1.65. The molecule has 1 aliphatic rings. The molecule has 2 heteroatoms. The van der Waals surface area contributed by atoms with E-state index in [-0.39, 0.29) is 0 Å². The maximum Gasteiger partial charge on any atom is 0.0931 e. The Morgan fingerprint density at radius 1 is 1.44 bits per heavy atom. The van der Waals surface area contributed by atoms with Crippen LogP contribution in [-0.4, -0.2) is 24.2 Å². The Morgan fingerprint density at radius 3 is 2.78 bits per heavy atom. The van der Waals surface area contributed by atoms with Crippen LogP contribution in [0.3, 0.4) is 0 Å². The number of ether oxygens (including phenoxy) is 1. The summed E-state index contributed by atoms with van der Waals surface area (Å²) in [5.41, 5.74) is 0. The normalized spacial score (nSPS) is 32.7. The monoisotopic (exact) mass is 146 g/mol. The first-order valence-corrected chi connectivity index (χ1v) is 4.92. The second kappa shape index (κ2) is 3.47. The SMILES string of the molecule is CCC[C@H]1O[C@@H]1CSC. The van der Waals surface area contributed by atoms with Crippen LogP contribution in [0.15, 0.2) is 0 Å². The van der Waals surface area contributed by atoms with Crippen LogP contribution >= 0.6 is 11.8 Å². The second-order valence-corrected chi connectivity index (χ2v) is 3.37. The average Bonchev–Trinajstić information content (AvgIpc) is 2.50. The van der Waals surface area contributed by atoms with E-state index >= 15 is 0 Å². The van der Waals surface area contributed by atoms with Gasteiger partial charge in [-0.2, -0.15) is 11.8 Å². The predicted molar refractivity (Wildman–Crippen MR) is 42.0 cm³/mol. The van der Waals surface area contributed by atoms with Crippen LogP contribution in [0.25, 0.3) is 0 Å². The van der Waals surface area contributed by atoms with Crippen LogP contribution in [0, 0.1) is 0 Å². The van der Waals surface area contributed by atoms with Gasteiger partial charge in [-0.05, 0) is 12.7 Å². The van der Waals surface area contributed by atoms with Crippen molar-refractivity contribution in [2.45, 2.75) is 32.0 Å². The first kappa shape index (κ1) is 7.42. The Morgan fingerprint density at radius 2 is 2.22 bits per heavy atom. The van der Waals surface area contributed by atoms with Crippen molar-refractivity contribution in [3.05, 3.63) is 0 Å². The molecule has 0 amide bonds. The fraction of sp³-hybridized carbons (Fsp3) is 1.00. The number of hydrogen-bond acceptors (Lipinski definition) is 2. The van der Waals surface area contributed by atoms with Crippen LogP contribution in [0.5, 0.6) is 0 Å². The van der Waals surface area contributed by atoms with Crippen molar-refractivity contribution in [1.82, 2.24) is 0 Å². The third-order valence-electron chi connectivity index (χ3n) is 1.59. The summed E-state index contributed by atoms with van der Waals surface area (Å²) in [5, 5.41) is 0. The molecule has 9 heavy (non-hydrogen) atoms. The Labute approximate surface area is 61.2 Å². The third kappa shape index (κ3) is 2.18. The first-order chi connectivity index (χ1) is 4.38. The van der Waals surface area contributed by atoms with E-state index < -0.39 is 0 Å². The molecule has 1 saturated heterocycles. The van der Waals surface area contributed by atoms with Crippen LogP contribution in [-0.2, 0) is 4.74 Å². The van der Waals surface area contributed by atoms with Crippen molar-refractivity contribution in [2.75, 3.05) is 12.0 Å². The predicted octanol–water partition coefficient (Wildman–Crippen LogP) is 1.92. The maximum atomic E-state index is 5.38. The molecule has 0 bridgehead atoms. The first-order valence-electron chi connectivity index (χ1n) is 3.53. The Kier molecular flexibility index (Phi) is 2.86. The summed E-state index contributed by atoms with van der Waals surface area (Å²) < 4.78 is 5.38. The molecule has 0 spiro atoms. The van der Waals surface area contributed by atoms with Crippen molar-refractivity contribution in [3.8, 4) is 0 Å². The van der Waals surface area contributed by atoms with E-state index in [2.05, 4.69) is 13.2 Å². The Hall–Kier alpha value is 0.310. The fourth-order valence-electron chi connectivity index (χ4n) is 1.03. The molecule has 1 heterocycles. The van der Waals surface area contributed by atoms with E-state index in [1.807, 2.05) is 11.8 Å². The van der Waals surface area contributed by atoms with Gasteiger partial charge in [0.15, 0.2) is 0 Å². The molecule has 0 saturated carbocycles. The number of rotatable bonds is 4. The smallest absolute Gasteiger partial charge is 0.0931 e. The van der Waals surface area contributed by atoms with Gasteiger partial charge in [0.2, 0.25) is 0 Å². The third-order valence-corrected chi connectivity index (χ3v) is 2.25. The highest BCUT2D eigenvalue weighted by Gasteiger charge is 2.36. The molecule has 0 unspecified atom stereocenters. The van der Waals surface area contributed by atoms with Gasteiger partial charge in [-0.3, -0.25) is 0 Å². The van der Waals surface area contributed by atoms with Crippen LogP contribution in [0.1, 0.15) is 19.8 Å². The highest BCUT2D eigenvalue weighted by atomic mass is 32.2. The second-order valence-electron chi connectivity index (χ2n) is 2.46. The van der Waals surface area contributed by atoms with Gasteiger partial charge in [-0.1, -0.05) is 13.3 Å². The van der Waals surface area contributed by atoms with Crippen molar-refractivity contribution in [2.24, 2.45) is 0 Å². The van der Waals surface area contributed by atoms with Crippen molar-refractivity contribution in [1.29, 1.82) is 0 Å². The molecule has 1 fully saturated rings. The zero-order chi connectivity index (χ0) is 6.69. The molecule has 0 radical (unpaired) electrons. The van der Waals surface area contributed by atoms with Gasteiger partial charge < -0.3 is 4.74 Å². The summed E-state index contributed by atoms with van der Waals surface area (Å²) in [6.45, 7) is 2.21. The van der Waals surface area contributed by atoms with Gasteiger partial charge in [0.25, 0.3) is 0 Å². The zero-order valence-electron chi connectivity index (χ0n) is 6.09. The molecule has 0 aromatic carbocycles. The molecule has 1 rings (SSSR count). The highest BCUT2D eigenvalue weighted by molar-refractivity contribution is 7.98. The molecule has 1 nitrogen and oxygen atoms in total. The lowest BCUT2D eigenvalue weighted by Gasteiger charge is -1.87. The van der Waals surface area contributed by atoms with Gasteiger partial charge in [-0.25, -0.2) is 0 Å². The summed E-state index contributed by atoms with van der Waals surface area (Å²) in [6.07, 6.45) is 5.85. The minimum absolute atomic E-state index is 0.597. The maximum absolute atomic E-state index is 5.38. The Bertz CT molecular complexity index is 75.0. The van der Waals surface area contributed by atoms with E-state index in [1.54, 1.807) is 0 Å². The number of epoxide rings is 1. The van der Waals surface area contributed by atoms with E-state index in [1.165, 1.54) is 18.6 Å². The molecule has 54 valence electrons. The molecule has 1 aliphatic heterocycles. The van der Waals surface area contributed by atoms with Crippen molar-refractivity contribution < 1.29 is 4.74 Å². The van der Waals surface area contributed by atoms with Gasteiger partial charge in [0, 0.05) is 5.75 Å². The molecule has 2 atom stereocenters. The van der Waals surface area contributed by atoms with Crippen molar-refractivity contribution >= 4 is 11.8 Å². The molecular weight excluding hydrogens is 132 g/mol. The van der Waals surface area contributed by atoms with E-state index in [4.69, 9.17) is 4.74 Å².